The average Bonchev–Trinajstić information content (AvgIpc) is 3.00. The molecule has 0 bridgehead atoms. The van der Waals surface area contributed by atoms with Crippen LogP contribution in [0.25, 0.3) is 0 Å². The summed E-state index contributed by atoms with van der Waals surface area (Å²) in [5.41, 5.74) is 4.38. The highest BCUT2D eigenvalue weighted by molar-refractivity contribution is 5.91. The Bertz CT molecular complexity index is 993. The number of ether oxygens (including phenoxy) is 2. The van der Waals surface area contributed by atoms with E-state index in [2.05, 4.69) is 4.98 Å². The van der Waals surface area contributed by atoms with Crippen molar-refractivity contribution in [2.24, 2.45) is 0 Å². The molecule has 6 heteroatoms. The lowest BCUT2D eigenvalue weighted by atomic mass is 10.1. The monoisotopic (exact) mass is 378 g/mol. The van der Waals surface area contributed by atoms with E-state index >= 15 is 0 Å². The predicted octanol–water partition coefficient (Wildman–Crippen LogP) is 3.69. The van der Waals surface area contributed by atoms with Crippen molar-refractivity contribution in [1.82, 2.24) is 9.55 Å². The van der Waals surface area contributed by atoms with Crippen LogP contribution in [0.15, 0.2) is 54.7 Å². The lowest BCUT2D eigenvalue weighted by Gasteiger charge is -2.10. The van der Waals surface area contributed by atoms with Crippen molar-refractivity contribution in [1.29, 1.82) is 0 Å². The molecular formula is C22H22N2O4. The van der Waals surface area contributed by atoms with Crippen LogP contribution in [-0.4, -0.2) is 28.6 Å². The molecule has 0 aliphatic rings. The highest BCUT2D eigenvalue weighted by Gasteiger charge is 2.17. The Hall–Kier alpha value is -3.41. The Morgan fingerprint density at radius 1 is 1.04 bits per heavy atom. The standard InChI is InChI=1S/C22H22N2O4/c1-15-11-20(16(2)24(15)13-19-9-4-5-10-23-19)22(26)28-14-17-7-6-8-18(12-17)21(25)27-3/h4-12H,13-14H2,1-3H3. The number of methoxy groups -OCH3 is 1. The topological polar surface area (TPSA) is 70.4 Å². The lowest BCUT2D eigenvalue weighted by Crippen LogP contribution is -2.09. The van der Waals surface area contributed by atoms with Gasteiger partial charge in [0.2, 0.25) is 0 Å². The van der Waals surface area contributed by atoms with E-state index in [1.54, 1.807) is 30.5 Å². The summed E-state index contributed by atoms with van der Waals surface area (Å²) in [5, 5.41) is 0. The smallest absolute Gasteiger partial charge is 0.340 e. The number of hydrogen-bond donors (Lipinski definition) is 0. The molecule has 2 aromatic heterocycles. The summed E-state index contributed by atoms with van der Waals surface area (Å²) in [6, 6.07) is 14.4. The van der Waals surface area contributed by atoms with Crippen LogP contribution in [0.3, 0.4) is 0 Å². The minimum atomic E-state index is -0.425. The van der Waals surface area contributed by atoms with E-state index in [4.69, 9.17) is 9.47 Å². The molecule has 3 rings (SSSR count). The van der Waals surface area contributed by atoms with Gasteiger partial charge in [0.1, 0.15) is 6.61 Å². The number of nitrogens with zero attached hydrogens (tertiary/aromatic N) is 2. The molecule has 0 fully saturated rings. The number of carbonyl (C=O) groups is 2. The van der Waals surface area contributed by atoms with Gasteiger partial charge < -0.3 is 14.0 Å². The maximum absolute atomic E-state index is 12.6. The van der Waals surface area contributed by atoms with Crippen LogP contribution in [0.1, 0.15) is 43.4 Å². The van der Waals surface area contributed by atoms with Gasteiger partial charge in [0.15, 0.2) is 0 Å². The third kappa shape index (κ3) is 4.28. The summed E-state index contributed by atoms with van der Waals surface area (Å²) in [7, 11) is 1.33. The van der Waals surface area contributed by atoms with Crippen LogP contribution in [0.2, 0.25) is 0 Å². The fourth-order valence-corrected chi connectivity index (χ4v) is 3.04. The molecule has 0 aliphatic carbocycles. The Kier molecular flexibility index (Phi) is 5.89. The van der Waals surface area contributed by atoms with Crippen molar-refractivity contribution < 1.29 is 19.1 Å². The minimum absolute atomic E-state index is 0.0770. The van der Waals surface area contributed by atoms with Gasteiger partial charge in [0.25, 0.3) is 0 Å². The van der Waals surface area contributed by atoms with Crippen LogP contribution in [0.5, 0.6) is 0 Å². The van der Waals surface area contributed by atoms with E-state index in [0.29, 0.717) is 17.7 Å². The summed E-state index contributed by atoms with van der Waals surface area (Å²) >= 11 is 0. The Balaban J connectivity index is 1.71. The summed E-state index contributed by atoms with van der Waals surface area (Å²) in [6.07, 6.45) is 1.75. The highest BCUT2D eigenvalue weighted by atomic mass is 16.5. The Morgan fingerprint density at radius 2 is 1.86 bits per heavy atom. The largest absolute Gasteiger partial charge is 0.465 e. The summed E-state index contributed by atoms with van der Waals surface area (Å²) < 4.78 is 12.2. The summed E-state index contributed by atoms with van der Waals surface area (Å²) in [5.74, 6) is -0.824. The number of rotatable bonds is 6. The van der Waals surface area contributed by atoms with Gasteiger partial charge in [-0.3, -0.25) is 4.98 Å². The van der Waals surface area contributed by atoms with Crippen LogP contribution < -0.4 is 0 Å². The predicted molar refractivity (Wildman–Crippen MR) is 104 cm³/mol. The van der Waals surface area contributed by atoms with Crippen LogP contribution in [-0.2, 0) is 22.6 Å². The van der Waals surface area contributed by atoms with Gasteiger partial charge in [-0.1, -0.05) is 18.2 Å². The van der Waals surface area contributed by atoms with Crippen molar-refractivity contribution in [3.05, 3.63) is 88.5 Å². The normalized spacial score (nSPS) is 10.5. The number of aryl methyl sites for hydroxylation is 1. The number of carbonyl (C=O) groups excluding carboxylic acids is 2. The molecule has 0 saturated heterocycles. The zero-order chi connectivity index (χ0) is 20.1. The van der Waals surface area contributed by atoms with Crippen molar-refractivity contribution in [3.8, 4) is 0 Å². The first-order valence-corrected chi connectivity index (χ1v) is 8.90. The maximum Gasteiger partial charge on any atom is 0.340 e. The van der Waals surface area contributed by atoms with Gasteiger partial charge in [-0.15, -0.1) is 0 Å². The van der Waals surface area contributed by atoms with Gasteiger partial charge in [-0.2, -0.15) is 0 Å². The second kappa shape index (κ2) is 8.52. The first-order valence-electron chi connectivity index (χ1n) is 8.90. The Morgan fingerprint density at radius 3 is 2.57 bits per heavy atom. The van der Waals surface area contributed by atoms with Crippen molar-refractivity contribution in [2.75, 3.05) is 7.11 Å². The first kappa shape index (κ1) is 19.4. The fourth-order valence-electron chi connectivity index (χ4n) is 3.04. The molecule has 0 spiro atoms. The van der Waals surface area contributed by atoms with Gasteiger partial charge in [0, 0.05) is 17.6 Å². The van der Waals surface area contributed by atoms with Gasteiger partial charge in [-0.25, -0.2) is 9.59 Å². The molecule has 0 N–H and O–H groups in total. The molecule has 0 atom stereocenters. The van der Waals surface area contributed by atoms with Gasteiger partial charge in [0.05, 0.1) is 30.5 Å². The molecule has 1 aromatic carbocycles. The molecule has 6 nitrogen and oxygen atoms in total. The van der Waals surface area contributed by atoms with E-state index < -0.39 is 11.9 Å². The van der Waals surface area contributed by atoms with Crippen LogP contribution in [0, 0.1) is 13.8 Å². The first-order chi connectivity index (χ1) is 13.5. The van der Waals surface area contributed by atoms with Crippen molar-refractivity contribution >= 4 is 11.9 Å². The van der Waals surface area contributed by atoms with Crippen LogP contribution >= 0.6 is 0 Å². The minimum Gasteiger partial charge on any atom is -0.465 e. The van der Waals surface area contributed by atoms with Crippen LogP contribution in [0.4, 0.5) is 0 Å². The quantitative estimate of drug-likeness (QED) is 0.612. The fraction of sp³-hybridized carbons (Fsp3) is 0.227. The number of benzene rings is 1. The molecular weight excluding hydrogens is 356 g/mol. The van der Waals surface area contributed by atoms with Gasteiger partial charge in [-0.05, 0) is 49.7 Å². The number of aromatic nitrogens is 2. The molecule has 0 radical (unpaired) electrons. The third-order valence-corrected chi connectivity index (χ3v) is 4.56. The number of hydrogen-bond acceptors (Lipinski definition) is 5. The van der Waals surface area contributed by atoms with Crippen molar-refractivity contribution in [2.45, 2.75) is 27.0 Å². The second-order valence-electron chi connectivity index (χ2n) is 6.46. The van der Waals surface area contributed by atoms with E-state index in [9.17, 15) is 9.59 Å². The molecule has 3 aromatic rings. The van der Waals surface area contributed by atoms with E-state index in [0.717, 1.165) is 22.6 Å². The third-order valence-electron chi connectivity index (χ3n) is 4.56. The molecule has 28 heavy (non-hydrogen) atoms. The maximum atomic E-state index is 12.6. The lowest BCUT2D eigenvalue weighted by molar-refractivity contribution is 0.0471. The zero-order valence-corrected chi connectivity index (χ0v) is 16.1. The SMILES string of the molecule is COC(=O)c1cccc(COC(=O)c2cc(C)n(Cc3ccccn3)c2C)c1. The number of pyridine rings is 1. The molecule has 2 heterocycles. The average molecular weight is 378 g/mol. The number of esters is 2. The summed E-state index contributed by atoms with van der Waals surface area (Å²) in [4.78, 5) is 28.6. The molecule has 0 saturated carbocycles. The zero-order valence-electron chi connectivity index (χ0n) is 16.1. The Labute approximate surface area is 163 Å². The van der Waals surface area contributed by atoms with E-state index in [1.807, 2.05) is 42.7 Å². The van der Waals surface area contributed by atoms with E-state index in [-0.39, 0.29) is 6.61 Å². The summed E-state index contributed by atoms with van der Waals surface area (Å²) in [6.45, 7) is 4.51. The molecule has 0 aliphatic heterocycles. The van der Waals surface area contributed by atoms with Gasteiger partial charge >= 0.3 is 11.9 Å². The highest BCUT2D eigenvalue weighted by Crippen LogP contribution is 2.18. The molecule has 144 valence electrons. The molecule has 0 unspecified atom stereocenters. The molecule has 0 amide bonds. The van der Waals surface area contributed by atoms with E-state index in [1.165, 1.54) is 7.11 Å². The second-order valence-corrected chi connectivity index (χ2v) is 6.46. The van der Waals surface area contributed by atoms with Crippen molar-refractivity contribution in [3.63, 3.8) is 0 Å².